The van der Waals surface area contributed by atoms with E-state index in [1.165, 1.54) is 0 Å². The average Bonchev–Trinajstić information content (AvgIpc) is 3.30. The van der Waals surface area contributed by atoms with Gasteiger partial charge in [0.2, 0.25) is 0 Å². The number of ether oxygens (including phenoxy) is 2. The third kappa shape index (κ3) is 3.71. The van der Waals surface area contributed by atoms with Crippen molar-refractivity contribution in [3.63, 3.8) is 0 Å². The number of hydrogen-bond acceptors (Lipinski definition) is 6. The summed E-state index contributed by atoms with van der Waals surface area (Å²) < 4.78 is 10.9. The summed E-state index contributed by atoms with van der Waals surface area (Å²) in [5.41, 5.74) is 2.85. The summed E-state index contributed by atoms with van der Waals surface area (Å²) in [5.74, 6) is 1.79. The van der Waals surface area contributed by atoms with Gasteiger partial charge < -0.3 is 24.7 Å². The van der Waals surface area contributed by atoms with Crippen molar-refractivity contribution in [2.24, 2.45) is 0 Å². The van der Waals surface area contributed by atoms with E-state index < -0.39 is 0 Å². The third-order valence-corrected chi connectivity index (χ3v) is 4.57. The molecule has 0 saturated heterocycles. The van der Waals surface area contributed by atoms with E-state index in [0.717, 1.165) is 41.7 Å². The number of benzene rings is 2. The molecule has 2 aliphatic heterocycles. The highest BCUT2D eigenvalue weighted by molar-refractivity contribution is 5.61. The Morgan fingerprint density at radius 1 is 1.04 bits per heavy atom. The molecule has 1 atom stereocenters. The smallest absolute Gasteiger partial charge is 0.159 e. The molecule has 2 N–H and O–H groups in total. The Labute approximate surface area is 163 Å². The lowest BCUT2D eigenvalue weighted by Gasteiger charge is -2.33. The minimum Gasteiger partial charge on any atom is -0.490 e. The summed E-state index contributed by atoms with van der Waals surface area (Å²) in [6, 6.07) is 17.7. The quantitative estimate of drug-likeness (QED) is 0.714. The maximum Gasteiger partial charge on any atom is 0.159 e. The van der Waals surface area contributed by atoms with Gasteiger partial charge in [-0.25, -0.2) is 4.98 Å². The van der Waals surface area contributed by atoms with Gasteiger partial charge in [-0.05, 0) is 24.3 Å². The number of anilines is 2. The highest BCUT2D eigenvalue weighted by atomic mass is 16.5. The number of rotatable bonds is 2. The summed E-state index contributed by atoms with van der Waals surface area (Å²) in [6.45, 7) is 2.96. The zero-order chi connectivity index (χ0) is 19.2. The molecule has 2 aromatic carbocycles. The molecule has 1 unspecified atom stereocenters. The Bertz CT molecular complexity index is 926. The van der Waals surface area contributed by atoms with Crippen LogP contribution in [0.3, 0.4) is 0 Å². The molecule has 3 aromatic rings. The number of fused-ring (bicyclic) bond motifs is 2. The van der Waals surface area contributed by atoms with Gasteiger partial charge in [0, 0.05) is 6.54 Å². The van der Waals surface area contributed by atoms with Crippen LogP contribution in [0.5, 0.6) is 11.5 Å². The fraction of sp³-hybridized carbons (Fsp3) is 0.238. The van der Waals surface area contributed by atoms with E-state index in [4.69, 9.17) is 9.47 Å². The first-order valence-electron chi connectivity index (χ1n) is 9.19. The fourth-order valence-corrected chi connectivity index (χ4v) is 3.27. The van der Waals surface area contributed by atoms with Crippen LogP contribution < -0.4 is 19.7 Å². The molecule has 0 radical (unpaired) electrons. The SMILES string of the molecule is N#CC(c1cnc[nH]1)N1CCOc2ccccc21.c1ccc2c(c1)NCCO2. The van der Waals surface area contributed by atoms with Gasteiger partial charge in [0.1, 0.15) is 24.7 Å². The van der Waals surface area contributed by atoms with E-state index in [-0.39, 0.29) is 6.04 Å². The van der Waals surface area contributed by atoms with Crippen molar-refractivity contribution in [1.29, 1.82) is 5.26 Å². The van der Waals surface area contributed by atoms with Crippen molar-refractivity contribution in [3.8, 4) is 17.6 Å². The van der Waals surface area contributed by atoms with Gasteiger partial charge in [-0.15, -0.1) is 0 Å². The molecule has 3 heterocycles. The monoisotopic (exact) mass is 375 g/mol. The molecule has 0 fully saturated rings. The van der Waals surface area contributed by atoms with Crippen LogP contribution in [0.2, 0.25) is 0 Å². The fourth-order valence-electron chi connectivity index (χ4n) is 3.27. The minimum atomic E-state index is -0.363. The zero-order valence-corrected chi connectivity index (χ0v) is 15.3. The number of H-pyrrole nitrogens is 1. The molecule has 0 bridgehead atoms. The van der Waals surface area contributed by atoms with Gasteiger partial charge in [-0.1, -0.05) is 24.3 Å². The molecule has 0 amide bonds. The Balaban J connectivity index is 0.000000162. The summed E-state index contributed by atoms with van der Waals surface area (Å²) in [4.78, 5) is 9.01. The second-order valence-corrected chi connectivity index (χ2v) is 6.32. The number of hydrogen-bond donors (Lipinski definition) is 2. The average molecular weight is 375 g/mol. The van der Waals surface area contributed by atoms with E-state index in [9.17, 15) is 5.26 Å². The maximum absolute atomic E-state index is 9.40. The van der Waals surface area contributed by atoms with Crippen molar-refractivity contribution in [2.75, 3.05) is 36.5 Å². The predicted molar refractivity (Wildman–Crippen MR) is 107 cm³/mol. The summed E-state index contributed by atoms with van der Waals surface area (Å²) >= 11 is 0. The van der Waals surface area contributed by atoms with Crippen molar-refractivity contribution in [2.45, 2.75) is 6.04 Å². The lowest BCUT2D eigenvalue weighted by Crippen LogP contribution is -2.35. The minimum absolute atomic E-state index is 0.363. The molecule has 0 aliphatic carbocycles. The first kappa shape index (κ1) is 17.7. The van der Waals surface area contributed by atoms with Gasteiger partial charge in [0.05, 0.1) is 42.2 Å². The van der Waals surface area contributed by atoms with Crippen molar-refractivity contribution in [3.05, 3.63) is 66.7 Å². The van der Waals surface area contributed by atoms with Crippen LogP contribution in [0.1, 0.15) is 11.7 Å². The molecule has 1 aromatic heterocycles. The molecule has 0 saturated carbocycles. The van der Waals surface area contributed by atoms with E-state index in [1.807, 2.05) is 53.4 Å². The van der Waals surface area contributed by atoms with E-state index in [1.54, 1.807) is 12.5 Å². The van der Waals surface area contributed by atoms with Gasteiger partial charge in [0.15, 0.2) is 6.04 Å². The molecule has 28 heavy (non-hydrogen) atoms. The Morgan fingerprint density at radius 3 is 2.61 bits per heavy atom. The lowest BCUT2D eigenvalue weighted by molar-refractivity contribution is 0.304. The van der Waals surface area contributed by atoms with E-state index in [0.29, 0.717) is 13.2 Å². The summed E-state index contributed by atoms with van der Waals surface area (Å²) in [6.07, 6.45) is 3.28. The van der Waals surface area contributed by atoms with Gasteiger partial charge in [-0.3, -0.25) is 0 Å². The molecule has 7 nitrogen and oxygen atoms in total. The third-order valence-electron chi connectivity index (χ3n) is 4.57. The van der Waals surface area contributed by atoms with E-state index >= 15 is 0 Å². The van der Waals surface area contributed by atoms with Crippen molar-refractivity contribution >= 4 is 11.4 Å². The molecular formula is C21H21N5O2. The summed E-state index contributed by atoms with van der Waals surface area (Å²) in [5, 5.41) is 12.6. The van der Waals surface area contributed by atoms with Crippen LogP contribution in [0.4, 0.5) is 11.4 Å². The topological polar surface area (TPSA) is 86.2 Å². The van der Waals surface area contributed by atoms with Crippen LogP contribution in [-0.4, -0.2) is 36.3 Å². The molecule has 2 aliphatic rings. The van der Waals surface area contributed by atoms with Crippen LogP contribution in [0.25, 0.3) is 0 Å². The van der Waals surface area contributed by atoms with Crippen molar-refractivity contribution in [1.82, 2.24) is 9.97 Å². The number of para-hydroxylation sites is 4. The van der Waals surface area contributed by atoms with Gasteiger partial charge >= 0.3 is 0 Å². The van der Waals surface area contributed by atoms with Crippen LogP contribution in [0.15, 0.2) is 61.1 Å². The Kier molecular flexibility index (Phi) is 5.29. The maximum atomic E-state index is 9.40. The number of aromatic nitrogens is 2. The molecule has 0 spiro atoms. The second-order valence-electron chi connectivity index (χ2n) is 6.32. The number of nitrogens with one attached hydrogen (secondary N) is 2. The molecule has 7 heteroatoms. The normalized spacial score (nSPS) is 15.2. The molecular weight excluding hydrogens is 354 g/mol. The van der Waals surface area contributed by atoms with Crippen LogP contribution in [-0.2, 0) is 0 Å². The molecule has 5 rings (SSSR count). The summed E-state index contributed by atoms with van der Waals surface area (Å²) in [7, 11) is 0. The Hall–Kier alpha value is -3.66. The zero-order valence-electron chi connectivity index (χ0n) is 15.3. The van der Waals surface area contributed by atoms with E-state index in [2.05, 4.69) is 21.4 Å². The van der Waals surface area contributed by atoms with Crippen LogP contribution >= 0.6 is 0 Å². The van der Waals surface area contributed by atoms with Crippen molar-refractivity contribution < 1.29 is 9.47 Å². The van der Waals surface area contributed by atoms with Gasteiger partial charge in [0.25, 0.3) is 0 Å². The first-order valence-corrected chi connectivity index (χ1v) is 9.19. The number of imidazole rings is 1. The lowest BCUT2D eigenvalue weighted by atomic mass is 10.1. The number of nitriles is 1. The number of nitrogens with zero attached hydrogens (tertiary/aromatic N) is 3. The standard InChI is InChI=1S/C13H12N4O.C8H9NO/c14-7-12(10-8-15-9-16-10)17-5-6-18-13-4-2-1-3-11(13)17;1-2-4-8-7(3-1)9-5-6-10-8/h1-4,8-9,12H,5-6H2,(H,15,16);1-4,9H,5-6H2. The van der Waals surface area contributed by atoms with Crippen LogP contribution in [0, 0.1) is 11.3 Å². The van der Waals surface area contributed by atoms with Gasteiger partial charge in [-0.2, -0.15) is 5.26 Å². The highest BCUT2D eigenvalue weighted by Gasteiger charge is 2.26. The first-order chi connectivity index (χ1) is 13.9. The largest absolute Gasteiger partial charge is 0.490 e. The predicted octanol–water partition coefficient (Wildman–Crippen LogP) is 3.36. The molecule has 142 valence electrons. The Morgan fingerprint density at radius 2 is 1.82 bits per heavy atom. The second kappa shape index (κ2) is 8.35. The highest BCUT2D eigenvalue weighted by Crippen LogP contribution is 2.35. The number of aromatic amines is 1.